The summed E-state index contributed by atoms with van der Waals surface area (Å²) in [4.78, 5) is 3.16. The lowest BCUT2D eigenvalue weighted by atomic mass is 9.82. The molecule has 0 amide bonds. The first-order chi connectivity index (χ1) is 13.6. The van der Waals surface area contributed by atoms with E-state index >= 15 is 0 Å². The lowest BCUT2D eigenvalue weighted by Crippen LogP contribution is -2.21. The third kappa shape index (κ3) is 2.50. The number of nitrogens with zero attached hydrogens (tertiary/aromatic N) is 1. The third-order valence-corrected chi connectivity index (χ3v) is 4.93. The normalized spacial score (nSPS) is 15.6. The van der Waals surface area contributed by atoms with Crippen molar-refractivity contribution in [3.8, 4) is 29.1 Å². The van der Waals surface area contributed by atoms with E-state index in [0.717, 1.165) is 22.0 Å². The monoisotopic (exact) mass is 377 g/mol. The highest BCUT2D eigenvalue weighted by molar-refractivity contribution is 5.88. The number of aromatic nitrogens is 1. The molecule has 7 heteroatoms. The summed E-state index contributed by atoms with van der Waals surface area (Å²) in [7, 11) is 4.65. The van der Waals surface area contributed by atoms with Crippen LogP contribution in [-0.2, 0) is 0 Å². The minimum Gasteiger partial charge on any atom is -0.493 e. The molecule has 142 valence electrons. The molecular formula is C21H19N3O4. The van der Waals surface area contributed by atoms with Crippen molar-refractivity contribution in [2.45, 2.75) is 5.92 Å². The van der Waals surface area contributed by atoms with Gasteiger partial charge in [-0.15, -0.1) is 0 Å². The van der Waals surface area contributed by atoms with E-state index in [-0.39, 0.29) is 5.88 Å². The number of allylic oxidation sites excluding steroid dienone is 1. The molecule has 7 nitrogen and oxygen atoms in total. The van der Waals surface area contributed by atoms with Crippen LogP contribution in [0.3, 0.4) is 0 Å². The molecule has 1 unspecified atom stereocenters. The molecule has 0 fully saturated rings. The molecule has 2 heterocycles. The minimum atomic E-state index is -0.429. The summed E-state index contributed by atoms with van der Waals surface area (Å²) in [6.07, 6.45) is 1.84. The second-order valence-corrected chi connectivity index (χ2v) is 6.31. The predicted octanol–water partition coefficient (Wildman–Crippen LogP) is 3.41. The average molecular weight is 377 g/mol. The Hall–Kier alpha value is -3.79. The van der Waals surface area contributed by atoms with E-state index in [4.69, 9.17) is 24.7 Å². The van der Waals surface area contributed by atoms with Gasteiger partial charge in [-0.3, -0.25) is 0 Å². The molecule has 2 aromatic carbocycles. The van der Waals surface area contributed by atoms with Crippen LogP contribution < -0.4 is 24.7 Å². The number of hydrogen-bond acceptors (Lipinski definition) is 6. The van der Waals surface area contributed by atoms with E-state index in [2.05, 4.69) is 11.1 Å². The van der Waals surface area contributed by atoms with Crippen LogP contribution in [0.2, 0.25) is 0 Å². The SMILES string of the molecule is COc1cc(C2C(C#N)=C(N)Oc3c2ccc2[nH]ccc32)cc(OC)c1OC. The van der Waals surface area contributed by atoms with Crippen LogP contribution >= 0.6 is 0 Å². The van der Waals surface area contributed by atoms with Crippen molar-refractivity contribution in [3.05, 3.63) is 59.1 Å². The summed E-state index contributed by atoms with van der Waals surface area (Å²) in [5.41, 5.74) is 9.01. The van der Waals surface area contributed by atoms with Gasteiger partial charge < -0.3 is 29.7 Å². The molecule has 0 radical (unpaired) electrons. The van der Waals surface area contributed by atoms with Crippen LogP contribution in [0, 0.1) is 11.3 Å². The molecule has 3 N–H and O–H groups in total. The highest BCUT2D eigenvalue weighted by Gasteiger charge is 2.33. The van der Waals surface area contributed by atoms with Crippen LogP contribution in [0.4, 0.5) is 0 Å². The number of methoxy groups -OCH3 is 3. The van der Waals surface area contributed by atoms with Gasteiger partial charge in [0.25, 0.3) is 0 Å². The molecule has 1 aliphatic rings. The first-order valence-corrected chi connectivity index (χ1v) is 8.60. The Balaban J connectivity index is 2.00. The Morgan fingerprint density at radius 1 is 1.07 bits per heavy atom. The fourth-order valence-corrected chi connectivity index (χ4v) is 3.66. The van der Waals surface area contributed by atoms with E-state index in [1.807, 2.05) is 36.5 Å². The summed E-state index contributed by atoms with van der Waals surface area (Å²) < 4.78 is 22.2. The number of H-pyrrole nitrogens is 1. The number of benzene rings is 2. The van der Waals surface area contributed by atoms with Gasteiger partial charge in [-0.2, -0.15) is 5.26 Å². The van der Waals surface area contributed by atoms with Crippen LogP contribution in [0.1, 0.15) is 17.0 Å². The van der Waals surface area contributed by atoms with Crippen molar-refractivity contribution in [2.75, 3.05) is 21.3 Å². The Bertz CT molecular complexity index is 1120. The van der Waals surface area contributed by atoms with Crippen LogP contribution in [-0.4, -0.2) is 26.3 Å². The second kappa shape index (κ2) is 6.74. The molecule has 28 heavy (non-hydrogen) atoms. The summed E-state index contributed by atoms with van der Waals surface area (Å²) in [5, 5.41) is 10.7. The number of nitriles is 1. The lowest BCUT2D eigenvalue weighted by molar-refractivity contribution is 0.323. The number of fused-ring (bicyclic) bond motifs is 3. The van der Waals surface area contributed by atoms with Gasteiger partial charge in [0.05, 0.1) is 27.2 Å². The molecule has 4 rings (SSSR count). The van der Waals surface area contributed by atoms with Gasteiger partial charge in [-0.25, -0.2) is 0 Å². The van der Waals surface area contributed by atoms with Crippen molar-refractivity contribution >= 4 is 10.9 Å². The topological polar surface area (TPSA) is 103 Å². The van der Waals surface area contributed by atoms with E-state index in [1.54, 1.807) is 21.3 Å². The molecule has 1 aliphatic heterocycles. The zero-order chi connectivity index (χ0) is 19.8. The van der Waals surface area contributed by atoms with Gasteiger partial charge in [0, 0.05) is 22.7 Å². The highest BCUT2D eigenvalue weighted by Crippen LogP contribution is 2.48. The molecule has 0 saturated heterocycles. The molecular weight excluding hydrogens is 358 g/mol. The number of aromatic amines is 1. The Labute approximate surface area is 161 Å². The second-order valence-electron chi connectivity index (χ2n) is 6.31. The first kappa shape index (κ1) is 17.6. The fourth-order valence-electron chi connectivity index (χ4n) is 3.66. The van der Waals surface area contributed by atoms with Crippen LogP contribution in [0.5, 0.6) is 23.0 Å². The lowest BCUT2D eigenvalue weighted by Gasteiger charge is -2.27. The average Bonchev–Trinajstić information content (AvgIpc) is 3.21. The van der Waals surface area contributed by atoms with Gasteiger partial charge in [-0.1, -0.05) is 6.07 Å². The highest BCUT2D eigenvalue weighted by atomic mass is 16.5. The van der Waals surface area contributed by atoms with Gasteiger partial charge in [0.15, 0.2) is 11.5 Å². The summed E-state index contributed by atoms with van der Waals surface area (Å²) in [6.45, 7) is 0. The summed E-state index contributed by atoms with van der Waals surface area (Å²) >= 11 is 0. The number of nitrogens with two attached hydrogens (primary N) is 1. The maximum atomic E-state index is 9.78. The quantitative estimate of drug-likeness (QED) is 0.722. The Morgan fingerprint density at radius 2 is 1.79 bits per heavy atom. The van der Waals surface area contributed by atoms with E-state index in [9.17, 15) is 5.26 Å². The van der Waals surface area contributed by atoms with E-state index < -0.39 is 5.92 Å². The fraction of sp³-hybridized carbons (Fsp3) is 0.190. The number of rotatable bonds is 4. The van der Waals surface area contributed by atoms with Crippen molar-refractivity contribution in [1.29, 1.82) is 5.26 Å². The van der Waals surface area contributed by atoms with E-state index in [0.29, 0.717) is 28.6 Å². The summed E-state index contributed by atoms with van der Waals surface area (Å²) in [6, 6.07) is 11.7. The molecule has 0 saturated carbocycles. The predicted molar refractivity (Wildman–Crippen MR) is 104 cm³/mol. The minimum absolute atomic E-state index is 0.0856. The van der Waals surface area contributed by atoms with Gasteiger partial charge in [-0.05, 0) is 29.8 Å². The van der Waals surface area contributed by atoms with Gasteiger partial charge in [0.2, 0.25) is 11.6 Å². The Kier molecular flexibility index (Phi) is 4.24. The van der Waals surface area contributed by atoms with E-state index in [1.165, 1.54) is 0 Å². The molecule has 1 atom stereocenters. The number of ether oxygens (including phenoxy) is 4. The van der Waals surface area contributed by atoms with Crippen molar-refractivity contribution in [1.82, 2.24) is 4.98 Å². The molecule has 3 aromatic rings. The maximum Gasteiger partial charge on any atom is 0.205 e. The molecule has 0 spiro atoms. The van der Waals surface area contributed by atoms with Crippen LogP contribution in [0.15, 0.2) is 48.0 Å². The largest absolute Gasteiger partial charge is 0.493 e. The van der Waals surface area contributed by atoms with Crippen molar-refractivity contribution in [2.24, 2.45) is 5.73 Å². The molecule has 0 bridgehead atoms. The Morgan fingerprint density at radius 3 is 2.39 bits per heavy atom. The number of hydrogen-bond donors (Lipinski definition) is 2. The maximum absolute atomic E-state index is 9.78. The smallest absolute Gasteiger partial charge is 0.205 e. The zero-order valence-corrected chi connectivity index (χ0v) is 15.7. The third-order valence-electron chi connectivity index (χ3n) is 4.93. The molecule has 0 aliphatic carbocycles. The van der Waals surface area contributed by atoms with Gasteiger partial charge in [0.1, 0.15) is 17.4 Å². The van der Waals surface area contributed by atoms with Crippen LogP contribution in [0.25, 0.3) is 10.9 Å². The van der Waals surface area contributed by atoms with Gasteiger partial charge >= 0.3 is 0 Å². The van der Waals surface area contributed by atoms with Crippen molar-refractivity contribution < 1.29 is 18.9 Å². The summed E-state index contributed by atoms with van der Waals surface area (Å²) in [5.74, 6) is 1.78. The van der Waals surface area contributed by atoms with Crippen molar-refractivity contribution in [3.63, 3.8) is 0 Å². The number of nitrogens with one attached hydrogen (secondary N) is 1. The first-order valence-electron chi connectivity index (χ1n) is 8.60. The standard InChI is InChI=1S/C21H19N3O4/c1-25-16-8-11(9-17(26-2)20(16)27-3)18-13-4-5-15-12(6-7-24-15)19(13)28-21(23)14(18)10-22/h4-9,18,24H,23H2,1-3H3. The molecule has 1 aromatic heterocycles. The zero-order valence-electron chi connectivity index (χ0n) is 15.7.